The van der Waals surface area contributed by atoms with Gasteiger partial charge in [0.05, 0.1) is 17.3 Å². The second-order valence-corrected chi connectivity index (χ2v) is 5.54. The quantitative estimate of drug-likeness (QED) is 0.843. The van der Waals surface area contributed by atoms with E-state index >= 15 is 0 Å². The van der Waals surface area contributed by atoms with Gasteiger partial charge in [-0.15, -0.1) is 0 Å². The molecule has 0 aromatic heterocycles. The maximum absolute atomic E-state index is 12.1. The molecule has 0 heterocycles. The van der Waals surface area contributed by atoms with Crippen LogP contribution in [0.5, 0.6) is 0 Å². The zero-order valence-electron chi connectivity index (χ0n) is 9.65. The van der Waals surface area contributed by atoms with Crippen LogP contribution in [-0.2, 0) is 0 Å². The van der Waals surface area contributed by atoms with Crippen molar-refractivity contribution < 1.29 is 4.79 Å². The van der Waals surface area contributed by atoms with Gasteiger partial charge < -0.3 is 5.32 Å². The van der Waals surface area contributed by atoms with Crippen molar-refractivity contribution in [1.29, 1.82) is 5.26 Å². The smallest absolute Gasteiger partial charge is 0.255 e. The number of halogens is 2. The molecular formula is C14H8Br2N2O. The van der Waals surface area contributed by atoms with E-state index in [1.807, 2.05) is 12.1 Å². The molecule has 0 fully saturated rings. The van der Waals surface area contributed by atoms with Crippen molar-refractivity contribution in [3.63, 3.8) is 0 Å². The van der Waals surface area contributed by atoms with E-state index in [0.717, 1.165) is 4.47 Å². The van der Waals surface area contributed by atoms with Crippen LogP contribution in [0.25, 0.3) is 0 Å². The van der Waals surface area contributed by atoms with Crippen LogP contribution in [0, 0.1) is 11.3 Å². The van der Waals surface area contributed by atoms with Crippen LogP contribution in [0.4, 0.5) is 5.69 Å². The number of carbonyl (C=O) groups excluding carboxylic acids is 1. The first-order valence-electron chi connectivity index (χ1n) is 5.37. The van der Waals surface area contributed by atoms with Gasteiger partial charge in [0, 0.05) is 14.5 Å². The molecule has 0 bridgehead atoms. The molecule has 0 aliphatic heterocycles. The van der Waals surface area contributed by atoms with Gasteiger partial charge in [0.1, 0.15) is 0 Å². The monoisotopic (exact) mass is 378 g/mol. The van der Waals surface area contributed by atoms with Gasteiger partial charge in [0.15, 0.2) is 0 Å². The Kier molecular flexibility index (Phi) is 4.35. The molecule has 0 unspecified atom stereocenters. The molecule has 0 atom stereocenters. The number of nitrogens with zero attached hydrogens (tertiary/aromatic N) is 1. The van der Waals surface area contributed by atoms with Gasteiger partial charge in [-0.05, 0) is 52.3 Å². The minimum Gasteiger partial charge on any atom is -0.321 e. The summed E-state index contributed by atoms with van der Waals surface area (Å²) in [7, 11) is 0. The van der Waals surface area contributed by atoms with Crippen molar-refractivity contribution in [2.24, 2.45) is 0 Å². The van der Waals surface area contributed by atoms with Crippen LogP contribution in [0.2, 0.25) is 0 Å². The number of rotatable bonds is 2. The number of nitrogens with one attached hydrogen (secondary N) is 1. The molecule has 2 rings (SSSR count). The van der Waals surface area contributed by atoms with Crippen LogP contribution >= 0.6 is 31.9 Å². The molecular weight excluding hydrogens is 372 g/mol. The number of amides is 1. The van der Waals surface area contributed by atoms with Crippen LogP contribution in [0.15, 0.2) is 51.4 Å². The zero-order valence-corrected chi connectivity index (χ0v) is 12.8. The molecule has 1 amide bonds. The third-order valence-corrected chi connectivity index (χ3v) is 3.58. The van der Waals surface area contributed by atoms with Crippen molar-refractivity contribution >= 4 is 43.5 Å². The average Bonchev–Trinajstić information content (AvgIpc) is 2.41. The summed E-state index contributed by atoms with van der Waals surface area (Å²) in [6.45, 7) is 0. The van der Waals surface area contributed by atoms with Gasteiger partial charge in [-0.3, -0.25) is 4.79 Å². The SMILES string of the molecule is N#Cc1ccc(NC(=O)c2cccc(Br)c2)c(Br)c1. The maximum atomic E-state index is 12.1. The molecule has 0 aliphatic carbocycles. The fraction of sp³-hybridized carbons (Fsp3) is 0. The highest BCUT2D eigenvalue weighted by molar-refractivity contribution is 9.10. The summed E-state index contributed by atoms with van der Waals surface area (Å²) in [5, 5.41) is 11.6. The number of nitriles is 1. The Balaban J connectivity index is 2.22. The Hall–Kier alpha value is -1.64. The molecule has 0 saturated heterocycles. The second-order valence-electron chi connectivity index (χ2n) is 3.77. The molecule has 0 aliphatic rings. The van der Waals surface area contributed by atoms with E-state index < -0.39 is 0 Å². The highest BCUT2D eigenvalue weighted by Crippen LogP contribution is 2.24. The molecule has 94 valence electrons. The van der Waals surface area contributed by atoms with E-state index in [0.29, 0.717) is 21.3 Å². The summed E-state index contributed by atoms with van der Waals surface area (Å²) in [5.74, 6) is -0.202. The average molecular weight is 380 g/mol. The van der Waals surface area contributed by atoms with Gasteiger partial charge >= 0.3 is 0 Å². The minimum atomic E-state index is -0.202. The van der Waals surface area contributed by atoms with Crippen molar-refractivity contribution in [2.45, 2.75) is 0 Å². The van der Waals surface area contributed by atoms with Gasteiger partial charge in [0.2, 0.25) is 0 Å². The predicted molar refractivity (Wildman–Crippen MR) is 81.0 cm³/mol. The van der Waals surface area contributed by atoms with E-state index in [2.05, 4.69) is 37.2 Å². The van der Waals surface area contributed by atoms with Crippen molar-refractivity contribution in [1.82, 2.24) is 0 Å². The largest absolute Gasteiger partial charge is 0.321 e. The Bertz CT molecular complexity index is 677. The Morgan fingerprint density at radius 3 is 2.58 bits per heavy atom. The van der Waals surface area contributed by atoms with Crippen molar-refractivity contribution in [3.05, 3.63) is 62.5 Å². The molecule has 0 saturated carbocycles. The van der Waals surface area contributed by atoms with E-state index in [9.17, 15) is 4.79 Å². The summed E-state index contributed by atoms with van der Waals surface area (Å²) in [6.07, 6.45) is 0. The standard InChI is InChI=1S/C14H8Br2N2O/c15-11-3-1-2-10(7-11)14(19)18-13-5-4-9(8-17)6-12(13)16/h1-7H,(H,18,19). The topological polar surface area (TPSA) is 52.9 Å². The third-order valence-electron chi connectivity index (χ3n) is 2.43. The highest BCUT2D eigenvalue weighted by atomic mass is 79.9. The van der Waals surface area contributed by atoms with E-state index in [1.54, 1.807) is 36.4 Å². The van der Waals surface area contributed by atoms with Gasteiger partial charge in [-0.1, -0.05) is 22.0 Å². The summed E-state index contributed by atoms with van der Waals surface area (Å²) in [4.78, 5) is 12.1. The van der Waals surface area contributed by atoms with E-state index in [-0.39, 0.29) is 5.91 Å². The van der Waals surface area contributed by atoms with Crippen LogP contribution in [0.3, 0.4) is 0 Å². The lowest BCUT2D eigenvalue weighted by molar-refractivity contribution is 0.102. The fourth-order valence-corrected chi connectivity index (χ4v) is 2.39. The van der Waals surface area contributed by atoms with Gasteiger partial charge in [0.25, 0.3) is 5.91 Å². The molecule has 2 aromatic rings. The lowest BCUT2D eigenvalue weighted by Gasteiger charge is -2.07. The third kappa shape index (κ3) is 3.43. The summed E-state index contributed by atoms with van der Waals surface area (Å²) < 4.78 is 1.52. The number of benzene rings is 2. The molecule has 19 heavy (non-hydrogen) atoms. The normalized spacial score (nSPS) is 9.74. The van der Waals surface area contributed by atoms with Gasteiger partial charge in [-0.25, -0.2) is 0 Å². The maximum Gasteiger partial charge on any atom is 0.255 e. The first-order valence-corrected chi connectivity index (χ1v) is 6.95. The first kappa shape index (κ1) is 13.8. The van der Waals surface area contributed by atoms with Crippen LogP contribution in [0.1, 0.15) is 15.9 Å². The lowest BCUT2D eigenvalue weighted by atomic mass is 10.2. The Labute approximate surface area is 127 Å². The summed E-state index contributed by atoms with van der Waals surface area (Å²) in [5.41, 5.74) is 1.72. The number of hydrogen-bond donors (Lipinski definition) is 1. The van der Waals surface area contributed by atoms with Crippen molar-refractivity contribution in [3.8, 4) is 6.07 Å². The van der Waals surface area contributed by atoms with Crippen molar-refractivity contribution in [2.75, 3.05) is 5.32 Å². The molecule has 0 spiro atoms. The molecule has 2 aromatic carbocycles. The highest BCUT2D eigenvalue weighted by Gasteiger charge is 2.09. The minimum absolute atomic E-state index is 0.202. The number of carbonyl (C=O) groups is 1. The second kappa shape index (κ2) is 6.00. The lowest BCUT2D eigenvalue weighted by Crippen LogP contribution is -2.12. The fourth-order valence-electron chi connectivity index (χ4n) is 1.51. The first-order chi connectivity index (χ1) is 9.10. The summed E-state index contributed by atoms with van der Waals surface area (Å²) >= 11 is 6.65. The Morgan fingerprint density at radius 2 is 1.95 bits per heavy atom. The van der Waals surface area contributed by atoms with Gasteiger partial charge in [-0.2, -0.15) is 5.26 Å². The number of anilines is 1. The van der Waals surface area contributed by atoms with Crippen LogP contribution < -0.4 is 5.32 Å². The molecule has 5 heteroatoms. The predicted octanol–water partition coefficient (Wildman–Crippen LogP) is 4.34. The van der Waals surface area contributed by atoms with E-state index in [1.165, 1.54) is 0 Å². The Morgan fingerprint density at radius 1 is 1.16 bits per heavy atom. The molecule has 0 radical (unpaired) electrons. The zero-order chi connectivity index (χ0) is 13.8. The molecule has 1 N–H and O–H groups in total. The number of hydrogen-bond acceptors (Lipinski definition) is 2. The summed E-state index contributed by atoms with van der Waals surface area (Å²) in [6, 6.07) is 14.2. The van der Waals surface area contributed by atoms with E-state index in [4.69, 9.17) is 5.26 Å². The van der Waals surface area contributed by atoms with Crippen LogP contribution in [-0.4, -0.2) is 5.91 Å². The molecule has 3 nitrogen and oxygen atoms in total.